The van der Waals surface area contributed by atoms with Crippen LogP contribution < -0.4 is 5.43 Å². The molecule has 3 rings (SSSR count). The van der Waals surface area contributed by atoms with Gasteiger partial charge in [0.15, 0.2) is 0 Å². The Morgan fingerprint density at radius 1 is 1.32 bits per heavy atom. The predicted octanol–water partition coefficient (Wildman–Crippen LogP) is 2.84. The molecular formula is C19H24ClN3O2. The Hall–Kier alpha value is -1.85. The van der Waals surface area contributed by atoms with Crippen LogP contribution in [-0.2, 0) is 0 Å². The third-order valence-corrected chi connectivity index (χ3v) is 5.45. The lowest BCUT2D eigenvalue weighted by molar-refractivity contribution is 0.0778. The van der Waals surface area contributed by atoms with Gasteiger partial charge in [-0.15, -0.1) is 0 Å². The number of H-pyrrole nitrogens is 1. The second-order valence-corrected chi connectivity index (χ2v) is 7.81. The van der Waals surface area contributed by atoms with E-state index < -0.39 is 0 Å². The minimum absolute atomic E-state index is 0.191. The molecule has 0 spiro atoms. The first-order valence-electron chi connectivity index (χ1n) is 8.56. The fourth-order valence-electron chi connectivity index (χ4n) is 3.70. The number of fused-ring (bicyclic) bond motifs is 1. The van der Waals surface area contributed by atoms with Gasteiger partial charge in [0.05, 0.1) is 5.52 Å². The van der Waals surface area contributed by atoms with E-state index in [0.717, 1.165) is 0 Å². The van der Waals surface area contributed by atoms with Crippen molar-refractivity contribution in [2.75, 3.05) is 27.2 Å². The molecule has 0 unspecified atom stereocenters. The first-order chi connectivity index (χ1) is 11.8. The quantitative estimate of drug-likeness (QED) is 0.914. The number of carbonyl (C=O) groups excluding carboxylic acids is 1. The average molecular weight is 362 g/mol. The SMILES string of the molecule is CC(C)[C@@H]1CN(C(=O)c2c[nH]c3cc(Cl)ccc3c2=O)C[C@H]1N(C)C. The van der Waals surface area contributed by atoms with Crippen LogP contribution in [0.15, 0.2) is 29.2 Å². The zero-order valence-electron chi connectivity index (χ0n) is 15.0. The molecule has 1 aromatic carbocycles. The van der Waals surface area contributed by atoms with Crippen molar-refractivity contribution in [1.29, 1.82) is 0 Å². The Morgan fingerprint density at radius 3 is 2.64 bits per heavy atom. The molecule has 2 heterocycles. The Labute approximate surface area is 152 Å². The molecular weight excluding hydrogens is 338 g/mol. The number of aromatic nitrogens is 1. The number of hydrogen-bond donors (Lipinski definition) is 1. The van der Waals surface area contributed by atoms with E-state index >= 15 is 0 Å². The van der Waals surface area contributed by atoms with Crippen LogP contribution in [0.25, 0.3) is 10.9 Å². The summed E-state index contributed by atoms with van der Waals surface area (Å²) in [5.41, 5.74) is 0.586. The van der Waals surface area contributed by atoms with Gasteiger partial charge in [-0.3, -0.25) is 9.59 Å². The number of nitrogens with zero attached hydrogens (tertiary/aromatic N) is 2. The molecule has 0 saturated carbocycles. The summed E-state index contributed by atoms with van der Waals surface area (Å²) >= 11 is 5.97. The second-order valence-electron chi connectivity index (χ2n) is 7.37. The van der Waals surface area contributed by atoms with E-state index in [1.165, 1.54) is 6.20 Å². The van der Waals surface area contributed by atoms with Gasteiger partial charge in [-0.2, -0.15) is 0 Å². The summed E-state index contributed by atoms with van der Waals surface area (Å²) in [4.78, 5) is 32.7. The normalized spacial score (nSPS) is 20.8. The molecule has 1 aromatic heterocycles. The Morgan fingerprint density at radius 2 is 2.04 bits per heavy atom. The average Bonchev–Trinajstić information content (AvgIpc) is 3.00. The van der Waals surface area contributed by atoms with Crippen LogP contribution in [0.3, 0.4) is 0 Å². The lowest BCUT2D eigenvalue weighted by atomic mass is 9.91. The van der Waals surface area contributed by atoms with Crippen molar-refractivity contribution >= 4 is 28.4 Å². The highest BCUT2D eigenvalue weighted by Gasteiger charge is 2.38. The molecule has 25 heavy (non-hydrogen) atoms. The van der Waals surface area contributed by atoms with Crippen molar-refractivity contribution in [1.82, 2.24) is 14.8 Å². The Bertz CT molecular complexity index is 843. The summed E-state index contributed by atoms with van der Waals surface area (Å²) in [6, 6.07) is 5.33. The zero-order chi connectivity index (χ0) is 18.3. The van der Waals surface area contributed by atoms with Crippen molar-refractivity contribution in [3.63, 3.8) is 0 Å². The number of hydrogen-bond acceptors (Lipinski definition) is 3. The number of amides is 1. The molecule has 2 aromatic rings. The number of halogens is 1. The second kappa shape index (κ2) is 6.81. The number of benzene rings is 1. The highest BCUT2D eigenvalue weighted by atomic mass is 35.5. The fraction of sp³-hybridized carbons (Fsp3) is 0.474. The molecule has 1 N–H and O–H groups in total. The van der Waals surface area contributed by atoms with Crippen molar-refractivity contribution in [2.45, 2.75) is 19.9 Å². The number of likely N-dealkylation sites (N-methyl/N-ethyl adjacent to an activating group) is 1. The standard InChI is InChI=1S/C19H24ClN3O2/c1-11(2)15-9-23(10-17(15)22(3)4)19(25)14-8-21-16-7-12(20)5-6-13(16)18(14)24/h5-8,11,15,17H,9-10H2,1-4H3,(H,21,24)/t15-,17+/m0/s1. The molecule has 0 aliphatic carbocycles. The van der Waals surface area contributed by atoms with Gasteiger partial charge in [-0.1, -0.05) is 25.4 Å². The van der Waals surface area contributed by atoms with E-state index in [1.54, 1.807) is 18.2 Å². The van der Waals surface area contributed by atoms with Crippen molar-refractivity contribution in [3.8, 4) is 0 Å². The Balaban J connectivity index is 1.94. The lowest BCUT2D eigenvalue weighted by Crippen LogP contribution is -2.38. The maximum atomic E-state index is 13.0. The van der Waals surface area contributed by atoms with Crippen molar-refractivity contribution < 1.29 is 4.79 Å². The van der Waals surface area contributed by atoms with Crippen LogP contribution in [0.5, 0.6) is 0 Å². The van der Waals surface area contributed by atoms with Gasteiger partial charge < -0.3 is 14.8 Å². The summed E-state index contributed by atoms with van der Waals surface area (Å²) in [7, 11) is 4.08. The molecule has 134 valence electrons. The smallest absolute Gasteiger partial charge is 0.259 e. The Kier molecular flexibility index (Phi) is 4.89. The number of rotatable bonds is 3. The van der Waals surface area contributed by atoms with Crippen LogP contribution >= 0.6 is 11.6 Å². The summed E-state index contributed by atoms with van der Waals surface area (Å²) in [6.07, 6.45) is 1.51. The number of pyridine rings is 1. The summed E-state index contributed by atoms with van der Waals surface area (Å²) in [6.45, 7) is 5.69. The molecule has 1 saturated heterocycles. The van der Waals surface area contributed by atoms with E-state index in [0.29, 0.717) is 46.9 Å². The third kappa shape index (κ3) is 3.31. The summed E-state index contributed by atoms with van der Waals surface area (Å²) < 4.78 is 0. The van der Waals surface area contributed by atoms with Crippen LogP contribution in [0.4, 0.5) is 0 Å². The van der Waals surface area contributed by atoms with Gasteiger partial charge in [0.2, 0.25) is 5.43 Å². The van der Waals surface area contributed by atoms with E-state index in [1.807, 2.05) is 19.0 Å². The minimum Gasteiger partial charge on any atom is -0.360 e. The number of carbonyl (C=O) groups is 1. The van der Waals surface area contributed by atoms with Crippen molar-refractivity contribution in [3.05, 3.63) is 45.2 Å². The molecule has 0 radical (unpaired) electrons. The molecule has 1 aliphatic heterocycles. The van der Waals surface area contributed by atoms with Gasteiger partial charge in [-0.25, -0.2) is 0 Å². The van der Waals surface area contributed by atoms with E-state index in [-0.39, 0.29) is 16.9 Å². The number of likely N-dealkylation sites (tertiary alicyclic amines) is 1. The molecule has 1 amide bonds. The highest BCUT2D eigenvalue weighted by Crippen LogP contribution is 2.28. The van der Waals surface area contributed by atoms with Gasteiger partial charge >= 0.3 is 0 Å². The van der Waals surface area contributed by atoms with E-state index in [4.69, 9.17) is 11.6 Å². The molecule has 6 heteroatoms. The maximum absolute atomic E-state index is 13.0. The summed E-state index contributed by atoms with van der Waals surface area (Å²) in [5, 5.41) is 1.04. The molecule has 2 atom stereocenters. The molecule has 5 nitrogen and oxygen atoms in total. The third-order valence-electron chi connectivity index (χ3n) is 5.21. The van der Waals surface area contributed by atoms with Gasteiger partial charge in [0.25, 0.3) is 5.91 Å². The molecule has 1 fully saturated rings. The fourth-order valence-corrected chi connectivity index (χ4v) is 3.87. The zero-order valence-corrected chi connectivity index (χ0v) is 15.8. The largest absolute Gasteiger partial charge is 0.360 e. The first kappa shape index (κ1) is 18.0. The highest BCUT2D eigenvalue weighted by molar-refractivity contribution is 6.31. The van der Waals surface area contributed by atoms with Gasteiger partial charge in [0.1, 0.15) is 5.56 Å². The van der Waals surface area contributed by atoms with Crippen LogP contribution in [0.1, 0.15) is 24.2 Å². The van der Waals surface area contributed by atoms with Crippen LogP contribution in [-0.4, -0.2) is 53.9 Å². The number of aromatic amines is 1. The molecule has 1 aliphatic rings. The van der Waals surface area contributed by atoms with Crippen molar-refractivity contribution in [2.24, 2.45) is 11.8 Å². The first-order valence-corrected chi connectivity index (χ1v) is 8.94. The number of nitrogens with one attached hydrogen (secondary N) is 1. The van der Waals surface area contributed by atoms with E-state index in [9.17, 15) is 9.59 Å². The summed E-state index contributed by atoms with van der Waals surface area (Å²) in [5.74, 6) is 0.674. The van der Waals surface area contributed by atoms with Gasteiger partial charge in [0, 0.05) is 35.7 Å². The van der Waals surface area contributed by atoms with Crippen LogP contribution in [0, 0.1) is 11.8 Å². The predicted molar refractivity (Wildman–Crippen MR) is 101 cm³/mol. The van der Waals surface area contributed by atoms with Gasteiger partial charge in [-0.05, 0) is 44.1 Å². The van der Waals surface area contributed by atoms with Crippen LogP contribution in [0.2, 0.25) is 5.02 Å². The minimum atomic E-state index is -0.246. The monoisotopic (exact) mass is 361 g/mol. The van der Waals surface area contributed by atoms with E-state index in [2.05, 4.69) is 23.7 Å². The topological polar surface area (TPSA) is 56.4 Å². The lowest BCUT2D eigenvalue weighted by Gasteiger charge is -2.27. The molecule has 0 bridgehead atoms. The maximum Gasteiger partial charge on any atom is 0.259 e.